The highest BCUT2D eigenvalue weighted by Gasteiger charge is 2.12. The SMILES string of the molecule is CC1CNCC(C)C1.Fc1ncccn1. The number of halogens is 1. The van der Waals surface area contributed by atoms with E-state index >= 15 is 0 Å². The van der Waals surface area contributed by atoms with E-state index in [1.165, 1.54) is 31.9 Å². The number of aromatic nitrogens is 2. The van der Waals surface area contributed by atoms with E-state index in [9.17, 15) is 4.39 Å². The number of nitrogens with zero attached hydrogens (tertiary/aromatic N) is 2. The van der Waals surface area contributed by atoms with Crippen molar-refractivity contribution in [1.29, 1.82) is 0 Å². The molecule has 4 heteroatoms. The van der Waals surface area contributed by atoms with Crippen LogP contribution in [0, 0.1) is 17.9 Å². The second kappa shape index (κ2) is 6.45. The predicted molar refractivity (Wildman–Crippen MR) is 57.8 cm³/mol. The van der Waals surface area contributed by atoms with Gasteiger partial charge in [-0.05, 0) is 37.4 Å². The summed E-state index contributed by atoms with van der Waals surface area (Å²) in [4.78, 5) is 6.40. The van der Waals surface area contributed by atoms with Gasteiger partial charge in [0.1, 0.15) is 0 Å². The van der Waals surface area contributed by atoms with E-state index in [2.05, 4.69) is 29.1 Å². The second-order valence-corrected chi connectivity index (χ2v) is 4.12. The number of hydrogen-bond donors (Lipinski definition) is 1. The summed E-state index contributed by atoms with van der Waals surface area (Å²) in [7, 11) is 0. The minimum Gasteiger partial charge on any atom is -0.316 e. The molecule has 0 bridgehead atoms. The maximum absolute atomic E-state index is 11.7. The third-order valence-electron chi connectivity index (χ3n) is 2.32. The fourth-order valence-electron chi connectivity index (χ4n) is 1.71. The van der Waals surface area contributed by atoms with Crippen LogP contribution in [0.5, 0.6) is 0 Å². The minimum atomic E-state index is -0.678. The van der Waals surface area contributed by atoms with Crippen LogP contribution in [0.2, 0.25) is 0 Å². The minimum absolute atomic E-state index is 0.678. The number of piperidine rings is 1. The van der Waals surface area contributed by atoms with Gasteiger partial charge in [0.25, 0.3) is 0 Å². The average molecular weight is 211 g/mol. The van der Waals surface area contributed by atoms with Gasteiger partial charge in [0.2, 0.25) is 0 Å². The van der Waals surface area contributed by atoms with E-state index in [1.54, 1.807) is 6.07 Å². The van der Waals surface area contributed by atoms with Gasteiger partial charge in [0.05, 0.1) is 0 Å². The van der Waals surface area contributed by atoms with Gasteiger partial charge in [0, 0.05) is 12.4 Å². The van der Waals surface area contributed by atoms with Gasteiger partial charge < -0.3 is 5.32 Å². The van der Waals surface area contributed by atoms with Crippen molar-refractivity contribution in [2.45, 2.75) is 20.3 Å². The molecule has 15 heavy (non-hydrogen) atoms. The third-order valence-corrected chi connectivity index (χ3v) is 2.32. The standard InChI is InChI=1S/C7H15N.C4H3FN2/c1-6-3-7(2)5-8-4-6;5-4-6-2-1-3-7-4/h6-8H,3-5H2,1-2H3;1-3H. The van der Waals surface area contributed by atoms with Crippen molar-refractivity contribution in [1.82, 2.24) is 15.3 Å². The molecule has 2 atom stereocenters. The molecule has 1 aromatic heterocycles. The highest BCUT2D eigenvalue weighted by atomic mass is 19.1. The number of nitrogens with one attached hydrogen (secondary N) is 1. The van der Waals surface area contributed by atoms with Gasteiger partial charge >= 0.3 is 6.08 Å². The van der Waals surface area contributed by atoms with E-state index in [0.717, 1.165) is 11.8 Å². The van der Waals surface area contributed by atoms with Crippen LogP contribution in [0.4, 0.5) is 4.39 Å². The Morgan fingerprint density at radius 2 is 1.73 bits per heavy atom. The molecule has 0 aromatic carbocycles. The summed E-state index contributed by atoms with van der Waals surface area (Å²) >= 11 is 0. The summed E-state index contributed by atoms with van der Waals surface area (Å²) in [5.41, 5.74) is 0. The molecule has 3 nitrogen and oxygen atoms in total. The lowest BCUT2D eigenvalue weighted by Gasteiger charge is -2.24. The van der Waals surface area contributed by atoms with Crippen LogP contribution in [-0.4, -0.2) is 23.1 Å². The Morgan fingerprint density at radius 3 is 2.00 bits per heavy atom. The van der Waals surface area contributed by atoms with E-state index in [4.69, 9.17) is 0 Å². The maximum Gasteiger partial charge on any atom is 0.308 e. The van der Waals surface area contributed by atoms with Gasteiger partial charge in [0.15, 0.2) is 0 Å². The summed E-state index contributed by atoms with van der Waals surface area (Å²) < 4.78 is 11.7. The Balaban J connectivity index is 0.000000151. The molecule has 2 rings (SSSR count). The van der Waals surface area contributed by atoms with Crippen molar-refractivity contribution < 1.29 is 4.39 Å². The molecule has 0 amide bonds. The van der Waals surface area contributed by atoms with E-state index in [1.807, 2.05) is 0 Å². The Kier molecular flexibility index (Phi) is 5.18. The van der Waals surface area contributed by atoms with Gasteiger partial charge in [-0.3, -0.25) is 0 Å². The van der Waals surface area contributed by atoms with E-state index < -0.39 is 6.08 Å². The monoisotopic (exact) mass is 211 g/mol. The van der Waals surface area contributed by atoms with Gasteiger partial charge in [-0.2, -0.15) is 4.39 Å². The Labute approximate surface area is 90.1 Å². The highest BCUT2D eigenvalue weighted by molar-refractivity contribution is 4.76. The first kappa shape index (κ1) is 12.0. The Morgan fingerprint density at radius 1 is 1.20 bits per heavy atom. The zero-order valence-electron chi connectivity index (χ0n) is 9.28. The molecule has 0 saturated carbocycles. The van der Waals surface area contributed by atoms with E-state index in [0.29, 0.717) is 0 Å². The Bertz CT molecular complexity index is 258. The van der Waals surface area contributed by atoms with E-state index in [-0.39, 0.29) is 0 Å². The first-order valence-corrected chi connectivity index (χ1v) is 5.31. The van der Waals surface area contributed by atoms with Crippen molar-refractivity contribution in [3.05, 3.63) is 24.5 Å². The number of hydrogen-bond acceptors (Lipinski definition) is 3. The molecule has 1 saturated heterocycles. The molecule has 2 heterocycles. The molecule has 1 N–H and O–H groups in total. The fraction of sp³-hybridized carbons (Fsp3) is 0.636. The summed E-state index contributed by atoms with van der Waals surface area (Å²) in [6.45, 7) is 7.07. The quantitative estimate of drug-likeness (QED) is 0.666. The molecule has 1 aromatic rings. The van der Waals surface area contributed by atoms with Crippen LogP contribution < -0.4 is 5.32 Å². The largest absolute Gasteiger partial charge is 0.316 e. The third kappa shape index (κ3) is 5.42. The lowest BCUT2D eigenvalue weighted by atomic mass is 9.94. The molecular weight excluding hydrogens is 193 g/mol. The van der Waals surface area contributed by atoms with Crippen LogP contribution in [0.1, 0.15) is 20.3 Å². The van der Waals surface area contributed by atoms with Gasteiger partial charge in [-0.15, -0.1) is 0 Å². The molecule has 1 aliphatic heterocycles. The van der Waals surface area contributed by atoms with Crippen LogP contribution in [0.15, 0.2) is 18.5 Å². The number of rotatable bonds is 0. The zero-order valence-corrected chi connectivity index (χ0v) is 9.28. The lowest BCUT2D eigenvalue weighted by Crippen LogP contribution is -2.33. The fourth-order valence-corrected chi connectivity index (χ4v) is 1.71. The zero-order chi connectivity index (χ0) is 11.1. The Hall–Kier alpha value is -1.03. The first-order chi connectivity index (χ1) is 7.18. The normalized spacial score (nSPS) is 25.3. The van der Waals surface area contributed by atoms with Crippen molar-refractivity contribution >= 4 is 0 Å². The van der Waals surface area contributed by atoms with Crippen molar-refractivity contribution in [2.24, 2.45) is 11.8 Å². The molecule has 0 radical (unpaired) electrons. The van der Waals surface area contributed by atoms with Crippen LogP contribution >= 0.6 is 0 Å². The summed E-state index contributed by atoms with van der Waals surface area (Å²) in [5.74, 6) is 1.80. The lowest BCUT2D eigenvalue weighted by molar-refractivity contribution is 0.321. The molecule has 1 aliphatic rings. The smallest absolute Gasteiger partial charge is 0.308 e. The van der Waals surface area contributed by atoms with Crippen LogP contribution in [-0.2, 0) is 0 Å². The molecular formula is C11H18FN3. The molecule has 1 fully saturated rings. The van der Waals surface area contributed by atoms with Gasteiger partial charge in [-0.1, -0.05) is 13.8 Å². The van der Waals surface area contributed by atoms with Crippen LogP contribution in [0.3, 0.4) is 0 Å². The highest BCUT2D eigenvalue weighted by Crippen LogP contribution is 2.13. The van der Waals surface area contributed by atoms with Gasteiger partial charge in [-0.25, -0.2) is 9.97 Å². The summed E-state index contributed by atoms with van der Waals surface area (Å²) in [6, 6.07) is 1.56. The van der Waals surface area contributed by atoms with Crippen molar-refractivity contribution in [3.8, 4) is 0 Å². The van der Waals surface area contributed by atoms with Crippen LogP contribution in [0.25, 0.3) is 0 Å². The van der Waals surface area contributed by atoms with Crippen molar-refractivity contribution in [3.63, 3.8) is 0 Å². The maximum atomic E-state index is 11.7. The summed E-state index contributed by atoms with van der Waals surface area (Å²) in [5, 5.41) is 3.38. The second-order valence-electron chi connectivity index (χ2n) is 4.12. The summed E-state index contributed by atoms with van der Waals surface area (Å²) in [6.07, 6.45) is 3.43. The molecule has 0 spiro atoms. The topological polar surface area (TPSA) is 37.8 Å². The van der Waals surface area contributed by atoms with Crippen molar-refractivity contribution in [2.75, 3.05) is 13.1 Å². The first-order valence-electron chi connectivity index (χ1n) is 5.31. The molecule has 84 valence electrons. The predicted octanol–water partition coefficient (Wildman–Crippen LogP) is 1.87. The average Bonchev–Trinajstić information content (AvgIpc) is 2.19. The molecule has 0 aliphatic carbocycles. The molecule has 2 unspecified atom stereocenters.